The van der Waals surface area contributed by atoms with E-state index < -0.39 is 23.4 Å². The number of carbonyl (C=O) groups excluding carboxylic acids is 3. The smallest absolute Gasteiger partial charge is 0.325 e. The molecule has 1 aliphatic heterocycles. The molecule has 1 atom stereocenters. The Morgan fingerprint density at radius 2 is 1.77 bits per heavy atom. The van der Waals surface area contributed by atoms with Gasteiger partial charge in [0.1, 0.15) is 12.1 Å². The van der Waals surface area contributed by atoms with E-state index in [1.807, 2.05) is 12.1 Å². The van der Waals surface area contributed by atoms with E-state index in [0.29, 0.717) is 10.6 Å². The third-order valence-electron chi connectivity index (χ3n) is 4.36. The van der Waals surface area contributed by atoms with E-state index in [-0.39, 0.29) is 13.1 Å². The second kappa shape index (κ2) is 7.17. The molecule has 26 heavy (non-hydrogen) atoms. The molecule has 4 amide bonds. The van der Waals surface area contributed by atoms with E-state index in [9.17, 15) is 14.4 Å². The molecular weight excluding hydrogens is 354 g/mol. The highest BCUT2D eigenvalue weighted by Gasteiger charge is 2.49. The van der Waals surface area contributed by atoms with Gasteiger partial charge >= 0.3 is 6.03 Å². The number of hydrogen-bond acceptors (Lipinski definition) is 3. The van der Waals surface area contributed by atoms with E-state index in [1.165, 1.54) is 0 Å². The van der Waals surface area contributed by atoms with Crippen LogP contribution in [0.1, 0.15) is 18.1 Å². The zero-order chi connectivity index (χ0) is 18.7. The average molecular weight is 372 g/mol. The minimum atomic E-state index is -1.18. The van der Waals surface area contributed by atoms with E-state index in [2.05, 4.69) is 10.6 Å². The van der Waals surface area contributed by atoms with E-state index in [1.54, 1.807) is 49.4 Å². The van der Waals surface area contributed by atoms with Gasteiger partial charge in [-0.05, 0) is 24.1 Å². The van der Waals surface area contributed by atoms with Crippen molar-refractivity contribution in [2.75, 3.05) is 6.54 Å². The Bertz CT molecular complexity index is 856. The van der Waals surface area contributed by atoms with Crippen molar-refractivity contribution in [3.63, 3.8) is 0 Å². The SMILES string of the molecule is CC1(c2ccccc2)NC(=O)N(CC(=O)NCc2ccccc2Cl)C1=O. The fourth-order valence-electron chi connectivity index (χ4n) is 2.84. The van der Waals surface area contributed by atoms with Crippen LogP contribution in [0.3, 0.4) is 0 Å². The molecule has 0 aliphatic carbocycles. The minimum absolute atomic E-state index is 0.220. The van der Waals surface area contributed by atoms with Crippen molar-refractivity contribution < 1.29 is 14.4 Å². The second-order valence-electron chi connectivity index (χ2n) is 6.18. The number of benzene rings is 2. The molecule has 0 aromatic heterocycles. The van der Waals surface area contributed by atoms with Crippen LogP contribution >= 0.6 is 11.6 Å². The molecule has 1 fully saturated rings. The number of hydrogen-bond donors (Lipinski definition) is 2. The average Bonchev–Trinajstić information content (AvgIpc) is 2.86. The first-order valence-corrected chi connectivity index (χ1v) is 8.49. The molecule has 0 saturated carbocycles. The first kappa shape index (κ1) is 17.9. The Labute approximate surface area is 156 Å². The van der Waals surface area contributed by atoms with Crippen LogP contribution in [0.4, 0.5) is 4.79 Å². The summed E-state index contributed by atoms with van der Waals surface area (Å²) in [6.45, 7) is 1.50. The Morgan fingerprint density at radius 3 is 2.46 bits per heavy atom. The number of rotatable bonds is 5. The molecule has 1 aliphatic rings. The Hall–Kier alpha value is -2.86. The summed E-state index contributed by atoms with van der Waals surface area (Å²) >= 11 is 6.05. The quantitative estimate of drug-likeness (QED) is 0.792. The lowest BCUT2D eigenvalue weighted by Crippen LogP contribution is -2.43. The maximum atomic E-state index is 12.7. The summed E-state index contributed by atoms with van der Waals surface area (Å²) in [6.07, 6.45) is 0. The second-order valence-corrected chi connectivity index (χ2v) is 6.59. The third-order valence-corrected chi connectivity index (χ3v) is 4.73. The van der Waals surface area contributed by atoms with Crippen molar-refractivity contribution in [1.29, 1.82) is 0 Å². The highest BCUT2D eigenvalue weighted by atomic mass is 35.5. The molecule has 1 heterocycles. The van der Waals surface area contributed by atoms with Gasteiger partial charge in [0.2, 0.25) is 5.91 Å². The molecule has 3 rings (SSSR count). The topological polar surface area (TPSA) is 78.5 Å². The third kappa shape index (κ3) is 3.41. The molecular formula is C19H18ClN3O3. The van der Waals surface area contributed by atoms with E-state index in [0.717, 1.165) is 10.5 Å². The van der Waals surface area contributed by atoms with Crippen LogP contribution in [0.15, 0.2) is 54.6 Å². The first-order chi connectivity index (χ1) is 12.4. The van der Waals surface area contributed by atoms with Gasteiger partial charge < -0.3 is 10.6 Å². The first-order valence-electron chi connectivity index (χ1n) is 8.11. The Kier molecular flexibility index (Phi) is 4.95. The molecule has 1 unspecified atom stereocenters. The van der Waals surface area contributed by atoms with Crippen molar-refractivity contribution in [3.05, 3.63) is 70.7 Å². The summed E-state index contributed by atoms with van der Waals surface area (Å²) in [6, 6.07) is 15.5. The number of carbonyl (C=O) groups is 3. The summed E-state index contributed by atoms with van der Waals surface area (Å²) in [4.78, 5) is 38.1. The van der Waals surface area contributed by atoms with Gasteiger partial charge in [-0.2, -0.15) is 0 Å². The zero-order valence-electron chi connectivity index (χ0n) is 14.2. The van der Waals surface area contributed by atoms with Gasteiger partial charge in [0.25, 0.3) is 5.91 Å². The number of amides is 4. The van der Waals surface area contributed by atoms with Gasteiger partial charge in [-0.3, -0.25) is 14.5 Å². The van der Waals surface area contributed by atoms with Crippen molar-refractivity contribution in [2.45, 2.75) is 19.0 Å². The molecule has 1 saturated heterocycles. The van der Waals surface area contributed by atoms with Gasteiger partial charge in [-0.1, -0.05) is 60.1 Å². The number of halogens is 1. The number of imide groups is 1. The summed E-state index contributed by atoms with van der Waals surface area (Å²) in [7, 11) is 0. The maximum absolute atomic E-state index is 12.7. The normalized spacial score (nSPS) is 19.4. The van der Waals surface area contributed by atoms with E-state index in [4.69, 9.17) is 11.6 Å². The summed E-state index contributed by atoms with van der Waals surface area (Å²) < 4.78 is 0. The number of nitrogens with one attached hydrogen (secondary N) is 2. The molecule has 0 spiro atoms. The lowest BCUT2D eigenvalue weighted by molar-refractivity contribution is -0.134. The summed E-state index contributed by atoms with van der Waals surface area (Å²) in [5, 5.41) is 5.89. The molecule has 0 bridgehead atoms. The van der Waals surface area contributed by atoms with Gasteiger partial charge in [0.05, 0.1) is 0 Å². The summed E-state index contributed by atoms with van der Waals surface area (Å²) in [5.74, 6) is -0.896. The standard InChI is InChI=1S/C19H18ClN3O3/c1-19(14-8-3-2-4-9-14)17(25)23(18(26)22-19)12-16(24)21-11-13-7-5-6-10-15(13)20/h2-10H,11-12H2,1H3,(H,21,24)(H,22,26). The predicted octanol–water partition coefficient (Wildman–Crippen LogP) is 2.42. The fourth-order valence-corrected chi connectivity index (χ4v) is 3.05. The molecule has 134 valence electrons. The van der Waals surface area contributed by atoms with Crippen LogP contribution in [-0.2, 0) is 21.7 Å². The molecule has 0 radical (unpaired) electrons. The number of nitrogens with zero attached hydrogens (tertiary/aromatic N) is 1. The number of urea groups is 1. The van der Waals surface area contributed by atoms with Crippen LogP contribution < -0.4 is 10.6 Å². The van der Waals surface area contributed by atoms with Crippen molar-refractivity contribution >= 4 is 29.4 Å². The van der Waals surface area contributed by atoms with Crippen molar-refractivity contribution in [3.8, 4) is 0 Å². The highest BCUT2D eigenvalue weighted by molar-refractivity contribution is 6.31. The molecule has 7 heteroatoms. The minimum Gasteiger partial charge on any atom is -0.350 e. The Morgan fingerprint density at radius 1 is 1.12 bits per heavy atom. The van der Waals surface area contributed by atoms with Crippen LogP contribution in [0.25, 0.3) is 0 Å². The molecule has 2 N–H and O–H groups in total. The van der Waals surface area contributed by atoms with Crippen LogP contribution in [-0.4, -0.2) is 29.3 Å². The van der Waals surface area contributed by atoms with Crippen molar-refractivity contribution in [1.82, 2.24) is 15.5 Å². The van der Waals surface area contributed by atoms with Gasteiger partial charge in [0.15, 0.2) is 0 Å². The monoisotopic (exact) mass is 371 g/mol. The van der Waals surface area contributed by atoms with Gasteiger partial charge in [0, 0.05) is 11.6 Å². The van der Waals surface area contributed by atoms with Gasteiger partial charge in [-0.15, -0.1) is 0 Å². The molecule has 6 nitrogen and oxygen atoms in total. The van der Waals surface area contributed by atoms with Gasteiger partial charge in [-0.25, -0.2) is 4.79 Å². The fraction of sp³-hybridized carbons (Fsp3) is 0.211. The Balaban J connectivity index is 1.66. The van der Waals surface area contributed by atoms with Crippen LogP contribution in [0, 0.1) is 0 Å². The highest BCUT2D eigenvalue weighted by Crippen LogP contribution is 2.28. The zero-order valence-corrected chi connectivity index (χ0v) is 14.9. The molecule has 2 aromatic rings. The molecule has 2 aromatic carbocycles. The van der Waals surface area contributed by atoms with Crippen LogP contribution in [0.2, 0.25) is 5.02 Å². The predicted molar refractivity (Wildman–Crippen MR) is 97.3 cm³/mol. The van der Waals surface area contributed by atoms with Crippen LogP contribution in [0.5, 0.6) is 0 Å². The largest absolute Gasteiger partial charge is 0.350 e. The lowest BCUT2D eigenvalue weighted by atomic mass is 9.92. The van der Waals surface area contributed by atoms with Crippen molar-refractivity contribution in [2.24, 2.45) is 0 Å². The maximum Gasteiger partial charge on any atom is 0.325 e. The van der Waals surface area contributed by atoms with E-state index >= 15 is 0 Å². The summed E-state index contributed by atoms with van der Waals surface area (Å²) in [5.41, 5.74) is 0.243. The lowest BCUT2D eigenvalue weighted by Gasteiger charge is -2.22.